The Bertz CT molecular complexity index is 700. The monoisotopic (exact) mass is 329 g/mol. The van der Waals surface area contributed by atoms with Gasteiger partial charge in [0.25, 0.3) is 0 Å². The molecule has 4 amide bonds. The van der Waals surface area contributed by atoms with E-state index in [1.165, 1.54) is 6.92 Å². The summed E-state index contributed by atoms with van der Waals surface area (Å²) in [5.74, 6) is -1.40. The van der Waals surface area contributed by atoms with Crippen LogP contribution in [0.4, 0.5) is 5.69 Å². The predicted octanol–water partition coefficient (Wildman–Crippen LogP) is 0.229. The van der Waals surface area contributed by atoms with E-state index in [-0.39, 0.29) is 37.1 Å². The van der Waals surface area contributed by atoms with Gasteiger partial charge in [0.2, 0.25) is 23.6 Å². The SMILES string of the molecule is CC(C(=O)NCC(=O)N1CCc2ccccc21)N1C(=O)CCC1=O. The summed E-state index contributed by atoms with van der Waals surface area (Å²) in [6, 6.07) is 6.77. The highest BCUT2D eigenvalue weighted by molar-refractivity contribution is 6.06. The van der Waals surface area contributed by atoms with Crippen molar-refractivity contribution >= 4 is 29.3 Å². The van der Waals surface area contributed by atoms with Crippen LogP contribution in [0.25, 0.3) is 0 Å². The molecular formula is C17H19N3O4. The molecule has 2 aliphatic rings. The number of nitrogens with one attached hydrogen (secondary N) is 1. The first-order chi connectivity index (χ1) is 11.5. The van der Waals surface area contributed by atoms with Crippen LogP contribution in [-0.2, 0) is 25.6 Å². The Morgan fingerprint density at radius 3 is 2.50 bits per heavy atom. The number of imide groups is 1. The normalized spacial score (nSPS) is 17.9. The van der Waals surface area contributed by atoms with Crippen LogP contribution >= 0.6 is 0 Å². The molecule has 1 N–H and O–H groups in total. The fraction of sp³-hybridized carbons (Fsp3) is 0.412. The summed E-state index contributed by atoms with van der Waals surface area (Å²) in [4.78, 5) is 50.5. The van der Waals surface area contributed by atoms with Crippen LogP contribution in [0.1, 0.15) is 25.3 Å². The van der Waals surface area contributed by atoms with E-state index in [4.69, 9.17) is 0 Å². The van der Waals surface area contributed by atoms with Crippen LogP contribution in [0.15, 0.2) is 24.3 Å². The van der Waals surface area contributed by atoms with Crippen LogP contribution in [0.2, 0.25) is 0 Å². The molecule has 2 heterocycles. The minimum absolute atomic E-state index is 0.139. The molecule has 1 saturated heterocycles. The van der Waals surface area contributed by atoms with Gasteiger partial charge in [-0.25, -0.2) is 0 Å². The summed E-state index contributed by atoms with van der Waals surface area (Å²) in [6.07, 6.45) is 1.07. The van der Waals surface area contributed by atoms with Crippen molar-refractivity contribution in [3.05, 3.63) is 29.8 Å². The van der Waals surface area contributed by atoms with Gasteiger partial charge < -0.3 is 10.2 Å². The number of para-hydroxylation sites is 1. The number of amides is 4. The van der Waals surface area contributed by atoms with Crippen LogP contribution in [0, 0.1) is 0 Å². The van der Waals surface area contributed by atoms with E-state index in [9.17, 15) is 19.2 Å². The van der Waals surface area contributed by atoms with Crippen molar-refractivity contribution in [3.63, 3.8) is 0 Å². The minimum Gasteiger partial charge on any atom is -0.345 e. The van der Waals surface area contributed by atoms with Gasteiger partial charge in [-0.2, -0.15) is 0 Å². The molecule has 0 bridgehead atoms. The largest absolute Gasteiger partial charge is 0.345 e. The van der Waals surface area contributed by atoms with E-state index < -0.39 is 11.9 Å². The molecule has 1 aromatic rings. The van der Waals surface area contributed by atoms with Crippen molar-refractivity contribution in [2.24, 2.45) is 0 Å². The number of carbonyl (C=O) groups is 4. The quantitative estimate of drug-likeness (QED) is 0.801. The predicted molar refractivity (Wildman–Crippen MR) is 86.1 cm³/mol. The molecule has 0 aromatic heterocycles. The van der Waals surface area contributed by atoms with Gasteiger partial charge in [-0.1, -0.05) is 18.2 Å². The van der Waals surface area contributed by atoms with Gasteiger partial charge in [0, 0.05) is 25.1 Å². The first kappa shape index (κ1) is 16.2. The number of carbonyl (C=O) groups excluding carboxylic acids is 4. The standard InChI is InChI=1S/C17H19N3O4/c1-11(20-14(21)6-7-15(20)22)17(24)18-10-16(23)19-9-8-12-4-2-3-5-13(12)19/h2-5,11H,6-10H2,1H3,(H,18,24). The van der Waals surface area contributed by atoms with E-state index in [1.807, 2.05) is 24.3 Å². The number of hydrogen-bond acceptors (Lipinski definition) is 4. The molecule has 1 fully saturated rings. The van der Waals surface area contributed by atoms with Crippen molar-refractivity contribution < 1.29 is 19.2 Å². The van der Waals surface area contributed by atoms with E-state index >= 15 is 0 Å². The van der Waals surface area contributed by atoms with Gasteiger partial charge in [-0.3, -0.25) is 24.1 Å². The second kappa shape index (κ2) is 6.43. The van der Waals surface area contributed by atoms with Crippen LogP contribution < -0.4 is 10.2 Å². The maximum Gasteiger partial charge on any atom is 0.246 e. The molecule has 3 rings (SSSR count). The lowest BCUT2D eigenvalue weighted by molar-refractivity contribution is -0.146. The average Bonchev–Trinajstić information content (AvgIpc) is 3.15. The highest BCUT2D eigenvalue weighted by Crippen LogP contribution is 2.27. The molecule has 0 saturated carbocycles. The molecule has 7 nitrogen and oxygen atoms in total. The average molecular weight is 329 g/mol. The van der Waals surface area contributed by atoms with Gasteiger partial charge >= 0.3 is 0 Å². The molecule has 1 atom stereocenters. The van der Waals surface area contributed by atoms with E-state index in [0.717, 1.165) is 22.6 Å². The van der Waals surface area contributed by atoms with Crippen LogP contribution in [0.3, 0.4) is 0 Å². The molecule has 0 radical (unpaired) electrons. The number of benzene rings is 1. The van der Waals surface area contributed by atoms with E-state index in [1.54, 1.807) is 4.90 Å². The highest BCUT2D eigenvalue weighted by atomic mass is 16.2. The second-order valence-corrected chi connectivity index (χ2v) is 5.98. The van der Waals surface area contributed by atoms with Gasteiger partial charge in [0.1, 0.15) is 6.04 Å². The number of nitrogens with zero attached hydrogens (tertiary/aromatic N) is 2. The first-order valence-electron chi connectivity index (χ1n) is 8.00. The van der Waals surface area contributed by atoms with Crippen molar-refractivity contribution in [1.29, 1.82) is 0 Å². The Morgan fingerprint density at radius 2 is 1.79 bits per heavy atom. The number of fused-ring (bicyclic) bond motifs is 1. The van der Waals surface area contributed by atoms with E-state index in [2.05, 4.69) is 5.32 Å². The highest BCUT2D eigenvalue weighted by Gasteiger charge is 2.36. The van der Waals surface area contributed by atoms with Crippen molar-refractivity contribution in [3.8, 4) is 0 Å². The Morgan fingerprint density at radius 1 is 1.12 bits per heavy atom. The Hall–Kier alpha value is -2.70. The third-order valence-corrected chi connectivity index (χ3v) is 4.46. The molecule has 24 heavy (non-hydrogen) atoms. The van der Waals surface area contributed by atoms with Crippen LogP contribution in [0.5, 0.6) is 0 Å². The number of anilines is 1. The summed E-state index contributed by atoms with van der Waals surface area (Å²) >= 11 is 0. The summed E-state index contributed by atoms with van der Waals surface area (Å²) in [5, 5.41) is 2.53. The molecule has 0 aliphatic carbocycles. The van der Waals surface area contributed by atoms with Gasteiger partial charge in [-0.05, 0) is 25.0 Å². The molecule has 1 unspecified atom stereocenters. The minimum atomic E-state index is -0.897. The topological polar surface area (TPSA) is 86.8 Å². The molecule has 1 aromatic carbocycles. The maximum atomic E-state index is 12.3. The summed E-state index contributed by atoms with van der Waals surface area (Å²) < 4.78 is 0. The summed E-state index contributed by atoms with van der Waals surface area (Å²) in [5.41, 5.74) is 1.98. The van der Waals surface area contributed by atoms with E-state index in [0.29, 0.717) is 6.54 Å². The zero-order valence-corrected chi connectivity index (χ0v) is 13.4. The molecule has 126 valence electrons. The van der Waals surface area contributed by atoms with Crippen LogP contribution in [-0.4, -0.2) is 47.7 Å². The lowest BCUT2D eigenvalue weighted by Crippen LogP contribution is -2.49. The Labute approximate surface area is 139 Å². The maximum absolute atomic E-state index is 12.3. The van der Waals surface area contributed by atoms with Gasteiger partial charge in [0.05, 0.1) is 6.54 Å². The third-order valence-electron chi connectivity index (χ3n) is 4.46. The lowest BCUT2D eigenvalue weighted by atomic mass is 10.2. The fourth-order valence-electron chi connectivity index (χ4n) is 3.15. The number of rotatable bonds is 4. The molecule has 2 aliphatic heterocycles. The molecular weight excluding hydrogens is 310 g/mol. The smallest absolute Gasteiger partial charge is 0.246 e. The summed E-state index contributed by atoms with van der Waals surface area (Å²) in [6.45, 7) is 1.92. The molecule has 0 spiro atoms. The Balaban J connectivity index is 1.58. The third kappa shape index (κ3) is 2.89. The van der Waals surface area contributed by atoms with Gasteiger partial charge in [0.15, 0.2) is 0 Å². The van der Waals surface area contributed by atoms with Crippen molar-refractivity contribution in [2.45, 2.75) is 32.2 Å². The Kier molecular flexibility index (Phi) is 4.33. The van der Waals surface area contributed by atoms with Crippen molar-refractivity contribution in [1.82, 2.24) is 10.2 Å². The fourth-order valence-corrected chi connectivity index (χ4v) is 3.15. The zero-order chi connectivity index (χ0) is 17.3. The second-order valence-electron chi connectivity index (χ2n) is 5.98. The number of likely N-dealkylation sites (tertiary alicyclic amines) is 1. The first-order valence-corrected chi connectivity index (χ1v) is 8.00. The number of hydrogen-bond donors (Lipinski definition) is 1. The lowest BCUT2D eigenvalue weighted by Gasteiger charge is -2.22. The van der Waals surface area contributed by atoms with Crippen molar-refractivity contribution in [2.75, 3.05) is 18.0 Å². The summed E-state index contributed by atoms with van der Waals surface area (Å²) in [7, 11) is 0. The zero-order valence-electron chi connectivity index (χ0n) is 13.4. The molecule has 7 heteroatoms. The van der Waals surface area contributed by atoms with Gasteiger partial charge in [-0.15, -0.1) is 0 Å².